The van der Waals surface area contributed by atoms with Crippen LogP contribution in [0.5, 0.6) is 0 Å². The highest BCUT2D eigenvalue weighted by Crippen LogP contribution is 2.44. The van der Waals surface area contributed by atoms with E-state index in [-0.39, 0.29) is 24.5 Å². The maximum Gasteiger partial charge on any atom is 0.328 e. The fourth-order valence-electron chi connectivity index (χ4n) is 5.50. The Morgan fingerprint density at radius 3 is 2.66 bits per heavy atom. The molecule has 3 fully saturated rings. The molecule has 1 aromatic rings. The maximum absolute atomic E-state index is 13.5. The summed E-state index contributed by atoms with van der Waals surface area (Å²) >= 11 is 0. The summed E-state index contributed by atoms with van der Waals surface area (Å²) in [6.07, 6.45) is 5.03. The number of amides is 2. The van der Waals surface area contributed by atoms with Crippen molar-refractivity contribution in [2.45, 2.75) is 76.5 Å². The van der Waals surface area contributed by atoms with Gasteiger partial charge in [0.1, 0.15) is 18.1 Å². The van der Waals surface area contributed by atoms with E-state index in [0.717, 1.165) is 31.2 Å². The van der Waals surface area contributed by atoms with Crippen LogP contribution in [0.25, 0.3) is 0 Å². The molecule has 0 bridgehead atoms. The van der Waals surface area contributed by atoms with E-state index in [2.05, 4.69) is 0 Å². The minimum absolute atomic E-state index is 0.0157. The second kappa shape index (κ2) is 8.17. The number of hydrogen-bond acceptors (Lipinski definition) is 4. The molecule has 2 heterocycles. The average molecular weight is 399 g/mol. The smallest absolute Gasteiger partial charge is 0.328 e. The lowest BCUT2D eigenvalue weighted by Crippen LogP contribution is -2.66. The lowest BCUT2D eigenvalue weighted by Gasteiger charge is -2.45. The van der Waals surface area contributed by atoms with Gasteiger partial charge >= 0.3 is 5.97 Å². The molecule has 1 saturated carbocycles. The Morgan fingerprint density at radius 2 is 1.93 bits per heavy atom. The Bertz CT molecular complexity index is 780. The first-order valence-electron chi connectivity index (χ1n) is 10.9. The standard InChI is InChI=1S/C23H30N2O4/c1-3-29-23(28)19(13-12-16-8-5-4-6-9-16)24-15(2)21(26)25-18-11-7-10-17(18)14-20(25)22(24)27/h4-6,8-9,15,17-20H,3,7,10-14H2,1-2H3/t15-,17-,18-,19+,20-/m0/s1. The third kappa shape index (κ3) is 3.53. The summed E-state index contributed by atoms with van der Waals surface area (Å²) in [6, 6.07) is 8.31. The zero-order valence-electron chi connectivity index (χ0n) is 17.3. The van der Waals surface area contributed by atoms with Crippen molar-refractivity contribution in [3.8, 4) is 0 Å². The van der Waals surface area contributed by atoms with E-state index in [1.807, 2.05) is 35.2 Å². The largest absolute Gasteiger partial charge is 0.464 e. The molecule has 0 radical (unpaired) electrons. The monoisotopic (exact) mass is 398 g/mol. The van der Waals surface area contributed by atoms with Crippen molar-refractivity contribution in [1.29, 1.82) is 0 Å². The Morgan fingerprint density at radius 1 is 1.17 bits per heavy atom. The molecule has 0 spiro atoms. The fraction of sp³-hybridized carbons (Fsp3) is 0.609. The van der Waals surface area contributed by atoms with Gasteiger partial charge in [-0.25, -0.2) is 4.79 Å². The number of carbonyl (C=O) groups is 3. The second-order valence-corrected chi connectivity index (χ2v) is 8.47. The molecule has 156 valence electrons. The number of aryl methyl sites for hydroxylation is 1. The Balaban J connectivity index is 1.58. The van der Waals surface area contributed by atoms with Crippen LogP contribution in [0.15, 0.2) is 30.3 Å². The molecule has 2 amide bonds. The van der Waals surface area contributed by atoms with E-state index >= 15 is 0 Å². The summed E-state index contributed by atoms with van der Waals surface area (Å²) in [7, 11) is 0. The lowest BCUT2D eigenvalue weighted by molar-refractivity contribution is -0.170. The normalized spacial score (nSPS) is 29.6. The van der Waals surface area contributed by atoms with Crippen LogP contribution in [0.1, 0.15) is 51.5 Å². The Labute approximate surface area is 172 Å². The van der Waals surface area contributed by atoms with Crippen LogP contribution in [0.3, 0.4) is 0 Å². The average Bonchev–Trinajstić information content (AvgIpc) is 3.31. The number of rotatable bonds is 6. The van der Waals surface area contributed by atoms with Crippen LogP contribution in [0.4, 0.5) is 0 Å². The highest BCUT2D eigenvalue weighted by molar-refractivity contribution is 5.99. The van der Waals surface area contributed by atoms with E-state index in [4.69, 9.17) is 4.74 Å². The molecular weight excluding hydrogens is 368 g/mol. The van der Waals surface area contributed by atoms with E-state index in [1.54, 1.807) is 13.8 Å². The van der Waals surface area contributed by atoms with Gasteiger partial charge in [-0.3, -0.25) is 9.59 Å². The van der Waals surface area contributed by atoms with Crippen molar-refractivity contribution in [3.05, 3.63) is 35.9 Å². The summed E-state index contributed by atoms with van der Waals surface area (Å²) in [5.41, 5.74) is 1.10. The molecule has 4 rings (SSSR count). The van der Waals surface area contributed by atoms with Gasteiger partial charge in [-0.2, -0.15) is 0 Å². The highest BCUT2D eigenvalue weighted by Gasteiger charge is 2.56. The zero-order valence-corrected chi connectivity index (χ0v) is 17.3. The van der Waals surface area contributed by atoms with Crippen LogP contribution in [-0.4, -0.2) is 58.4 Å². The van der Waals surface area contributed by atoms with Gasteiger partial charge < -0.3 is 14.5 Å². The summed E-state index contributed by atoms with van der Waals surface area (Å²) in [5.74, 6) is -0.0934. The van der Waals surface area contributed by atoms with Crippen LogP contribution < -0.4 is 0 Å². The van der Waals surface area contributed by atoms with E-state index in [0.29, 0.717) is 18.8 Å². The number of carbonyl (C=O) groups excluding carboxylic acids is 3. The molecule has 6 nitrogen and oxygen atoms in total. The minimum Gasteiger partial charge on any atom is -0.464 e. The van der Waals surface area contributed by atoms with Gasteiger partial charge in [-0.1, -0.05) is 36.8 Å². The summed E-state index contributed by atoms with van der Waals surface area (Å²) in [5, 5.41) is 0. The molecular formula is C23H30N2O4. The fourth-order valence-corrected chi connectivity index (χ4v) is 5.50. The molecule has 0 aromatic heterocycles. The minimum atomic E-state index is -0.732. The van der Waals surface area contributed by atoms with Gasteiger partial charge in [-0.15, -0.1) is 0 Å². The number of ether oxygens (including phenoxy) is 1. The molecule has 5 atom stereocenters. The topological polar surface area (TPSA) is 66.9 Å². The van der Waals surface area contributed by atoms with Gasteiger partial charge in [0.25, 0.3) is 0 Å². The van der Waals surface area contributed by atoms with E-state index in [9.17, 15) is 14.4 Å². The molecule has 3 aliphatic rings. The second-order valence-electron chi connectivity index (χ2n) is 8.47. The number of esters is 1. The summed E-state index contributed by atoms with van der Waals surface area (Å²) in [6.45, 7) is 3.77. The maximum atomic E-state index is 13.5. The Kier molecular flexibility index (Phi) is 5.61. The first kappa shape index (κ1) is 19.9. The third-order valence-electron chi connectivity index (χ3n) is 6.85. The van der Waals surface area contributed by atoms with E-state index < -0.39 is 24.1 Å². The SMILES string of the molecule is CCOC(=O)[C@@H](CCc1ccccc1)N1C(=O)[C@@H]2C[C@@H]3CCC[C@@H]3N2C(=O)[C@@H]1C. The molecule has 0 unspecified atom stereocenters. The van der Waals surface area contributed by atoms with Crippen molar-refractivity contribution in [2.75, 3.05) is 6.61 Å². The summed E-state index contributed by atoms with van der Waals surface area (Å²) < 4.78 is 5.31. The zero-order chi connectivity index (χ0) is 20.5. The van der Waals surface area contributed by atoms with Gasteiger partial charge in [0.15, 0.2) is 0 Å². The quantitative estimate of drug-likeness (QED) is 0.691. The van der Waals surface area contributed by atoms with Crippen molar-refractivity contribution < 1.29 is 19.1 Å². The highest BCUT2D eigenvalue weighted by atomic mass is 16.5. The molecule has 6 heteroatoms. The lowest BCUT2D eigenvalue weighted by atomic mass is 9.97. The molecule has 1 aliphatic carbocycles. The van der Waals surface area contributed by atoms with Crippen molar-refractivity contribution >= 4 is 17.8 Å². The van der Waals surface area contributed by atoms with Crippen LogP contribution >= 0.6 is 0 Å². The number of nitrogens with zero attached hydrogens (tertiary/aromatic N) is 2. The number of fused-ring (bicyclic) bond motifs is 3. The first-order valence-corrected chi connectivity index (χ1v) is 10.9. The predicted molar refractivity (Wildman–Crippen MR) is 108 cm³/mol. The van der Waals surface area contributed by atoms with Gasteiger partial charge in [0.05, 0.1) is 6.61 Å². The predicted octanol–water partition coefficient (Wildman–Crippen LogP) is 2.55. The van der Waals surface area contributed by atoms with Crippen LogP contribution in [-0.2, 0) is 25.5 Å². The van der Waals surface area contributed by atoms with E-state index in [1.165, 1.54) is 4.90 Å². The molecule has 29 heavy (non-hydrogen) atoms. The first-order chi connectivity index (χ1) is 14.0. The molecule has 2 saturated heterocycles. The number of benzene rings is 1. The van der Waals surface area contributed by atoms with Gasteiger partial charge in [-0.05, 0) is 57.4 Å². The Hall–Kier alpha value is -2.37. The number of piperazine rings is 1. The summed E-state index contributed by atoms with van der Waals surface area (Å²) in [4.78, 5) is 42.9. The molecule has 0 N–H and O–H groups in total. The van der Waals surface area contributed by atoms with Crippen molar-refractivity contribution in [3.63, 3.8) is 0 Å². The molecule has 1 aromatic carbocycles. The van der Waals surface area contributed by atoms with Crippen LogP contribution in [0, 0.1) is 5.92 Å². The third-order valence-corrected chi connectivity index (χ3v) is 6.85. The van der Waals surface area contributed by atoms with Gasteiger partial charge in [0, 0.05) is 6.04 Å². The number of hydrogen-bond donors (Lipinski definition) is 0. The van der Waals surface area contributed by atoms with Gasteiger partial charge in [0.2, 0.25) is 11.8 Å². The van der Waals surface area contributed by atoms with Crippen molar-refractivity contribution in [2.24, 2.45) is 5.92 Å². The van der Waals surface area contributed by atoms with Crippen LogP contribution in [0.2, 0.25) is 0 Å². The molecule has 2 aliphatic heterocycles. The van der Waals surface area contributed by atoms with Crippen molar-refractivity contribution in [1.82, 2.24) is 9.80 Å².